The second-order valence-electron chi connectivity index (χ2n) is 6.75. The molecule has 0 aliphatic carbocycles. The molecule has 2 nitrogen and oxygen atoms in total. The lowest BCUT2D eigenvalue weighted by atomic mass is 9.83. The molecular weight excluding hydrogens is 270 g/mol. The van der Waals surface area contributed by atoms with E-state index >= 15 is 0 Å². The van der Waals surface area contributed by atoms with E-state index in [1.807, 2.05) is 24.3 Å². The summed E-state index contributed by atoms with van der Waals surface area (Å²) in [5.41, 5.74) is 1.76. The zero-order chi connectivity index (χ0) is 15.3. The van der Waals surface area contributed by atoms with Crippen LogP contribution in [-0.4, -0.2) is 17.8 Å². The van der Waals surface area contributed by atoms with E-state index in [0.29, 0.717) is 11.8 Å². The molecule has 1 amide bonds. The molecule has 0 radical (unpaired) electrons. The number of hydrogen-bond donors (Lipinski definition) is 1. The summed E-state index contributed by atoms with van der Waals surface area (Å²) in [4.78, 5) is 12.5. The Bertz CT molecular complexity index is 449. The van der Waals surface area contributed by atoms with Gasteiger partial charge in [0.1, 0.15) is 0 Å². The highest BCUT2D eigenvalue weighted by molar-refractivity contribution is 6.18. The second kappa shape index (κ2) is 7.12. The van der Waals surface area contributed by atoms with Gasteiger partial charge in [0.25, 0.3) is 5.91 Å². The summed E-state index contributed by atoms with van der Waals surface area (Å²) in [5, 5.41) is 3.06. The quantitative estimate of drug-likeness (QED) is 0.803. The molecule has 1 rings (SSSR count). The molecule has 0 fully saturated rings. The Hall–Kier alpha value is -1.02. The average Bonchev–Trinajstić information content (AvgIpc) is 2.36. The monoisotopic (exact) mass is 295 g/mol. The number of nitrogens with one attached hydrogen (secondary N) is 1. The Morgan fingerprint density at radius 3 is 2.35 bits per heavy atom. The fourth-order valence-electron chi connectivity index (χ4n) is 2.33. The summed E-state index contributed by atoms with van der Waals surface area (Å²) < 4.78 is 0. The van der Waals surface area contributed by atoms with E-state index in [-0.39, 0.29) is 17.4 Å². The van der Waals surface area contributed by atoms with E-state index in [1.165, 1.54) is 0 Å². The number of carbonyl (C=O) groups excluding carboxylic acids is 1. The molecule has 0 aliphatic rings. The van der Waals surface area contributed by atoms with Gasteiger partial charge < -0.3 is 5.32 Å². The molecule has 0 aliphatic heterocycles. The van der Waals surface area contributed by atoms with Crippen LogP contribution in [0.4, 0.5) is 0 Å². The topological polar surface area (TPSA) is 29.1 Å². The third-order valence-electron chi connectivity index (χ3n) is 3.26. The van der Waals surface area contributed by atoms with Crippen molar-refractivity contribution in [3.63, 3.8) is 0 Å². The molecule has 0 saturated heterocycles. The fourth-order valence-corrected chi connectivity index (χ4v) is 2.53. The molecule has 1 N–H and O–H groups in total. The van der Waals surface area contributed by atoms with Crippen molar-refractivity contribution < 1.29 is 4.79 Å². The van der Waals surface area contributed by atoms with Crippen molar-refractivity contribution in [3.05, 3.63) is 35.4 Å². The number of alkyl halides is 1. The van der Waals surface area contributed by atoms with Gasteiger partial charge in [-0.1, -0.05) is 52.8 Å². The first-order valence-electron chi connectivity index (χ1n) is 7.22. The molecular formula is C17H26ClNO. The van der Waals surface area contributed by atoms with Gasteiger partial charge in [0.15, 0.2) is 0 Å². The van der Waals surface area contributed by atoms with Gasteiger partial charge in [0, 0.05) is 17.5 Å². The average molecular weight is 296 g/mol. The number of amides is 1. The largest absolute Gasteiger partial charge is 0.348 e. The molecule has 0 heterocycles. The van der Waals surface area contributed by atoms with Crippen molar-refractivity contribution in [2.24, 2.45) is 5.92 Å². The normalized spacial score (nSPS) is 13.3. The van der Waals surface area contributed by atoms with Gasteiger partial charge in [-0.15, -0.1) is 11.6 Å². The molecule has 0 bridgehead atoms. The standard InChI is InChI=1S/C17H26ClNO/c1-12(2)10-13(11-18)19-16(20)14-8-6-7-9-15(14)17(3,4)5/h6-9,12-13H,10-11H2,1-5H3,(H,19,20). The van der Waals surface area contributed by atoms with Crippen molar-refractivity contribution in [1.82, 2.24) is 5.32 Å². The number of carbonyl (C=O) groups is 1. The van der Waals surface area contributed by atoms with Crippen LogP contribution in [0.2, 0.25) is 0 Å². The maximum absolute atomic E-state index is 12.5. The van der Waals surface area contributed by atoms with E-state index in [2.05, 4.69) is 39.9 Å². The van der Waals surface area contributed by atoms with Gasteiger partial charge in [-0.3, -0.25) is 4.79 Å². The highest BCUT2D eigenvalue weighted by Crippen LogP contribution is 2.25. The maximum atomic E-state index is 12.5. The zero-order valence-electron chi connectivity index (χ0n) is 13.2. The number of hydrogen-bond acceptors (Lipinski definition) is 1. The lowest BCUT2D eigenvalue weighted by Crippen LogP contribution is -2.38. The van der Waals surface area contributed by atoms with E-state index in [9.17, 15) is 4.79 Å². The lowest BCUT2D eigenvalue weighted by molar-refractivity contribution is 0.0934. The van der Waals surface area contributed by atoms with Crippen molar-refractivity contribution in [3.8, 4) is 0 Å². The van der Waals surface area contributed by atoms with Gasteiger partial charge in [0.05, 0.1) is 0 Å². The SMILES string of the molecule is CC(C)CC(CCl)NC(=O)c1ccccc1C(C)(C)C. The smallest absolute Gasteiger partial charge is 0.251 e. The minimum absolute atomic E-state index is 0.0252. The first kappa shape index (κ1) is 17.0. The van der Waals surface area contributed by atoms with Crippen LogP contribution in [0.3, 0.4) is 0 Å². The number of rotatable bonds is 5. The molecule has 0 saturated carbocycles. The third kappa shape index (κ3) is 4.82. The Morgan fingerprint density at radius 2 is 1.85 bits per heavy atom. The van der Waals surface area contributed by atoms with Crippen molar-refractivity contribution in [2.45, 2.75) is 52.5 Å². The molecule has 20 heavy (non-hydrogen) atoms. The predicted octanol–water partition coefficient (Wildman–Crippen LogP) is 4.37. The van der Waals surface area contributed by atoms with Crippen LogP contribution in [0.5, 0.6) is 0 Å². The first-order valence-corrected chi connectivity index (χ1v) is 7.75. The predicted molar refractivity (Wildman–Crippen MR) is 86.6 cm³/mol. The van der Waals surface area contributed by atoms with E-state index in [0.717, 1.165) is 17.5 Å². The minimum atomic E-state index is -0.0531. The summed E-state index contributed by atoms with van der Waals surface area (Å²) in [6.45, 7) is 10.6. The van der Waals surface area contributed by atoms with Crippen LogP contribution in [0, 0.1) is 5.92 Å². The number of halogens is 1. The van der Waals surface area contributed by atoms with Crippen molar-refractivity contribution >= 4 is 17.5 Å². The van der Waals surface area contributed by atoms with Gasteiger partial charge in [0.2, 0.25) is 0 Å². The van der Waals surface area contributed by atoms with Crippen molar-refractivity contribution in [1.29, 1.82) is 0 Å². The van der Waals surface area contributed by atoms with Gasteiger partial charge >= 0.3 is 0 Å². The number of benzene rings is 1. The molecule has 0 spiro atoms. The Labute approximate surface area is 127 Å². The first-order chi connectivity index (χ1) is 9.25. The van der Waals surface area contributed by atoms with E-state index < -0.39 is 0 Å². The maximum Gasteiger partial charge on any atom is 0.251 e. The Balaban J connectivity index is 2.93. The van der Waals surface area contributed by atoms with Crippen molar-refractivity contribution in [2.75, 3.05) is 5.88 Å². The minimum Gasteiger partial charge on any atom is -0.348 e. The molecule has 0 aromatic heterocycles. The van der Waals surface area contributed by atoms with E-state index in [4.69, 9.17) is 11.6 Å². The van der Waals surface area contributed by atoms with Crippen LogP contribution in [0.1, 0.15) is 57.0 Å². The summed E-state index contributed by atoms with van der Waals surface area (Å²) in [6.07, 6.45) is 0.896. The Kier molecular flexibility index (Phi) is 6.07. The summed E-state index contributed by atoms with van der Waals surface area (Å²) >= 11 is 5.96. The highest BCUT2D eigenvalue weighted by atomic mass is 35.5. The van der Waals surface area contributed by atoms with Gasteiger partial charge in [-0.05, 0) is 29.4 Å². The lowest BCUT2D eigenvalue weighted by Gasteiger charge is -2.24. The van der Waals surface area contributed by atoms with Crippen LogP contribution < -0.4 is 5.32 Å². The van der Waals surface area contributed by atoms with Gasteiger partial charge in [-0.2, -0.15) is 0 Å². The summed E-state index contributed by atoms with van der Waals surface area (Å²) in [5.74, 6) is 0.931. The van der Waals surface area contributed by atoms with Gasteiger partial charge in [-0.25, -0.2) is 0 Å². The van der Waals surface area contributed by atoms with Crippen LogP contribution in [0.15, 0.2) is 24.3 Å². The van der Waals surface area contributed by atoms with E-state index in [1.54, 1.807) is 0 Å². The zero-order valence-corrected chi connectivity index (χ0v) is 13.9. The Morgan fingerprint density at radius 1 is 1.25 bits per heavy atom. The molecule has 1 unspecified atom stereocenters. The molecule has 112 valence electrons. The van der Waals surface area contributed by atoms with Crippen LogP contribution in [0.25, 0.3) is 0 Å². The second-order valence-corrected chi connectivity index (χ2v) is 7.06. The van der Waals surface area contributed by atoms with Crippen LogP contribution in [-0.2, 0) is 5.41 Å². The van der Waals surface area contributed by atoms with Crippen LogP contribution >= 0.6 is 11.6 Å². The highest BCUT2D eigenvalue weighted by Gasteiger charge is 2.22. The summed E-state index contributed by atoms with van der Waals surface area (Å²) in [7, 11) is 0. The molecule has 1 aromatic rings. The molecule has 1 atom stereocenters. The fraction of sp³-hybridized carbons (Fsp3) is 0.588. The summed E-state index contributed by atoms with van der Waals surface area (Å²) in [6, 6.07) is 7.81. The molecule has 1 aromatic carbocycles. The molecule has 3 heteroatoms. The third-order valence-corrected chi connectivity index (χ3v) is 3.63.